The summed E-state index contributed by atoms with van der Waals surface area (Å²) in [6, 6.07) is 8.54. The van der Waals surface area contributed by atoms with Gasteiger partial charge in [-0.25, -0.2) is 8.42 Å². The Balaban J connectivity index is 2.50. The van der Waals surface area contributed by atoms with Crippen LogP contribution >= 0.6 is 20.7 Å². The third-order valence-electron chi connectivity index (χ3n) is 1.94. The smallest absolute Gasteiger partial charge is 0.207 e. The molecule has 0 aliphatic carbocycles. The Kier molecular flexibility index (Phi) is 3.16. The summed E-state index contributed by atoms with van der Waals surface area (Å²) in [5, 5.41) is 0. The normalized spacial score (nSPS) is 15.6. The summed E-state index contributed by atoms with van der Waals surface area (Å²) >= 11 is -0.236. The lowest BCUT2D eigenvalue weighted by atomic mass is 10.4. The van der Waals surface area contributed by atoms with E-state index in [4.69, 9.17) is 0 Å². The van der Waals surface area contributed by atoms with Gasteiger partial charge in [0, 0.05) is 0 Å². The molecule has 0 aromatic heterocycles. The monoisotopic (exact) mass is 332 g/mol. The van der Waals surface area contributed by atoms with Gasteiger partial charge in [0.05, 0.1) is 9.80 Å². The van der Waals surface area contributed by atoms with Gasteiger partial charge >= 0.3 is 0 Å². The van der Waals surface area contributed by atoms with Crippen molar-refractivity contribution in [3.63, 3.8) is 0 Å². The summed E-state index contributed by atoms with van der Waals surface area (Å²) in [6.07, 6.45) is 3.48. The van der Waals surface area contributed by atoms with Crippen molar-refractivity contribution in [2.75, 3.05) is 0 Å². The quantitative estimate of drug-likeness (QED) is 0.781. The van der Waals surface area contributed by atoms with Crippen molar-refractivity contribution in [2.24, 2.45) is 0 Å². The van der Waals surface area contributed by atoms with Gasteiger partial charge in [-0.15, -0.1) is 0 Å². The molecule has 0 atom stereocenters. The third-order valence-corrected chi connectivity index (χ3v) is 5.99. The van der Waals surface area contributed by atoms with E-state index >= 15 is 0 Å². The van der Waals surface area contributed by atoms with Gasteiger partial charge < -0.3 is 0 Å². The second kappa shape index (κ2) is 4.40. The minimum Gasteiger partial charge on any atom is -0.218 e. The fourth-order valence-electron chi connectivity index (χ4n) is 1.19. The Morgan fingerprint density at radius 1 is 1.07 bits per heavy atom. The molecule has 78 valence electrons. The first-order valence-corrected chi connectivity index (χ1v) is 8.31. The Morgan fingerprint density at radius 3 is 2.40 bits per heavy atom. The molecule has 1 heterocycles. The summed E-state index contributed by atoms with van der Waals surface area (Å²) in [6.45, 7) is 0. The van der Waals surface area contributed by atoms with Crippen molar-refractivity contribution in [3.8, 4) is 0 Å². The van der Waals surface area contributed by atoms with Gasteiger partial charge in [-0.2, -0.15) is 0 Å². The van der Waals surface area contributed by atoms with Gasteiger partial charge in [0.15, 0.2) is 0 Å². The van der Waals surface area contributed by atoms with E-state index in [1.165, 1.54) is 0 Å². The number of benzene rings is 1. The van der Waals surface area contributed by atoms with E-state index < -0.39 is 9.84 Å². The SMILES string of the molecule is O=S(=O)(C1=CC=CI=C1)c1ccccc1. The molecule has 0 unspecified atom stereocenters. The van der Waals surface area contributed by atoms with E-state index in [2.05, 4.69) is 0 Å². The van der Waals surface area contributed by atoms with Crippen LogP contribution in [0.4, 0.5) is 0 Å². The molecular weight excluding hydrogens is 323 g/mol. The number of rotatable bonds is 2. The highest BCUT2D eigenvalue weighted by molar-refractivity contribution is 14.2. The van der Waals surface area contributed by atoms with Gasteiger partial charge in [-0.3, -0.25) is 0 Å². The molecule has 2 nitrogen and oxygen atoms in total. The van der Waals surface area contributed by atoms with Crippen LogP contribution in [0, 0.1) is 0 Å². The topological polar surface area (TPSA) is 34.1 Å². The molecule has 0 radical (unpaired) electrons. The summed E-state index contributed by atoms with van der Waals surface area (Å²) in [7, 11) is -3.28. The van der Waals surface area contributed by atoms with Gasteiger partial charge in [-0.05, 0) is 26.3 Å². The largest absolute Gasteiger partial charge is 0.218 e. The maximum Gasteiger partial charge on any atom is 0.207 e. The van der Waals surface area contributed by atoms with Crippen LogP contribution in [-0.4, -0.2) is 12.4 Å². The van der Waals surface area contributed by atoms with Crippen molar-refractivity contribution < 1.29 is 8.42 Å². The van der Waals surface area contributed by atoms with Gasteiger partial charge in [-0.1, -0.05) is 45.0 Å². The molecule has 1 aliphatic heterocycles. The van der Waals surface area contributed by atoms with Crippen molar-refractivity contribution in [1.82, 2.24) is 0 Å². The second-order valence-electron chi connectivity index (χ2n) is 2.94. The molecule has 0 N–H and O–H groups in total. The standard InChI is InChI=1S/C11H9IO2S/c13-15(14,10-5-2-1-3-6-10)11-7-4-8-12-9-11/h1-9H. The molecule has 1 aromatic carbocycles. The number of sulfone groups is 1. The summed E-state index contributed by atoms with van der Waals surface area (Å²) < 4.78 is 28.0. The Morgan fingerprint density at radius 2 is 1.80 bits per heavy atom. The van der Waals surface area contributed by atoms with E-state index in [9.17, 15) is 8.42 Å². The molecule has 1 aromatic rings. The second-order valence-corrected chi connectivity index (χ2v) is 6.95. The average Bonchev–Trinajstić information content (AvgIpc) is 2.31. The maximum absolute atomic E-state index is 12.1. The summed E-state index contributed by atoms with van der Waals surface area (Å²) in [4.78, 5) is 0.802. The first kappa shape index (κ1) is 10.8. The first-order valence-electron chi connectivity index (χ1n) is 4.33. The van der Waals surface area contributed by atoms with Crippen LogP contribution in [0.1, 0.15) is 0 Å². The van der Waals surface area contributed by atoms with Crippen LogP contribution in [0.25, 0.3) is 0 Å². The number of hydrogen-bond donors (Lipinski definition) is 0. The average molecular weight is 332 g/mol. The van der Waals surface area contributed by atoms with E-state index in [0.29, 0.717) is 9.80 Å². The zero-order valence-electron chi connectivity index (χ0n) is 7.80. The van der Waals surface area contributed by atoms with Crippen molar-refractivity contribution in [2.45, 2.75) is 4.90 Å². The number of allylic oxidation sites excluding steroid dienone is 3. The van der Waals surface area contributed by atoms with Crippen molar-refractivity contribution in [3.05, 3.63) is 51.5 Å². The highest BCUT2D eigenvalue weighted by Gasteiger charge is 2.18. The lowest BCUT2D eigenvalue weighted by Crippen LogP contribution is -2.05. The molecule has 0 bridgehead atoms. The van der Waals surface area contributed by atoms with Crippen molar-refractivity contribution >= 4 is 34.6 Å². The van der Waals surface area contributed by atoms with E-state index in [1.807, 2.05) is 20.2 Å². The molecule has 0 saturated heterocycles. The molecular formula is C11H9IO2S. The Hall–Kier alpha value is -0.750. The molecule has 2 rings (SSSR count). The Bertz CT molecular complexity index is 539. The lowest BCUT2D eigenvalue weighted by Gasteiger charge is -2.05. The number of halogens is 1. The molecule has 1 aliphatic rings. The maximum atomic E-state index is 12.1. The van der Waals surface area contributed by atoms with E-state index in [0.717, 1.165) is 0 Å². The zero-order chi connectivity index (χ0) is 10.7. The van der Waals surface area contributed by atoms with E-state index in [-0.39, 0.29) is 20.7 Å². The zero-order valence-corrected chi connectivity index (χ0v) is 10.8. The fraction of sp³-hybridized carbons (Fsp3) is 0. The summed E-state index contributed by atoms with van der Waals surface area (Å²) in [5.41, 5.74) is 0. The van der Waals surface area contributed by atoms with Gasteiger partial charge in [0.2, 0.25) is 9.84 Å². The first-order chi connectivity index (χ1) is 7.21. The molecule has 0 saturated carbocycles. The van der Waals surface area contributed by atoms with Crippen LogP contribution in [0.15, 0.2) is 56.4 Å². The van der Waals surface area contributed by atoms with Crippen molar-refractivity contribution in [1.29, 1.82) is 0 Å². The molecule has 0 spiro atoms. The predicted molar refractivity (Wildman–Crippen MR) is 70.9 cm³/mol. The van der Waals surface area contributed by atoms with E-state index in [1.54, 1.807) is 30.3 Å². The molecule has 0 fully saturated rings. The van der Waals surface area contributed by atoms with Crippen LogP contribution < -0.4 is 0 Å². The van der Waals surface area contributed by atoms with Crippen LogP contribution in [0.3, 0.4) is 0 Å². The van der Waals surface area contributed by atoms with Crippen LogP contribution in [0.2, 0.25) is 0 Å². The number of hydrogen-bond acceptors (Lipinski definition) is 2. The van der Waals surface area contributed by atoms with Crippen LogP contribution in [-0.2, 0) is 9.84 Å². The highest BCUT2D eigenvalue weighted by atomic mass is 127. The highest BCUT2D eigenvalue weighted by Crippen LogP contribution is 2.21. The third kappa shape index (κ3) is 2.26. The predicted octanol–water partition coefficient (Wildman–Crippen LogP) is 2.64. The molecule has 0 amide bonds. The van der Waals surface area contributed by atoms with Gasteiger partial charge in [0.25, 0.3) is 0 Å². The fourth-order valence-corrected chi connectivity index (χ4v) is 4.92. The summed E-state index contributed by atoms with van der Waals surface area (Å²) in [5.74, 6) is 0. The van der Waals surface area contributed by atoms with Crippen LogP contribution in [0.5, 0.6) is 0 Å². The Labute approximate surface area is 99.0 Å². The molecule has 15 heavy (non-hydrogen) atoms. The minimum absolute atomic E-state index is 0.236. The van der Waals surface area contributed by atoms with Gasteiger partial charge in [0.1, 0.15) is 0 Å². The molecule has 4 heteroatoms. The minimum atomic E-state index is -3.28. The lowest BCUT2D eigenvalue weighted by molar-refractivity contribution is 0.603.